The van der Waals surface area contributed by atoms with Crippen molar-refractivity contribution in [3.8, 4) is 5.75 Å². The van der Waals surface area contributed by atoms with Gasteiger partial charge in [-0.3, -0.25) is 23.7 Å². The molecule has 0 bridgehead atoms. The number of hydrogen-bond acceptors (Lipinski definition) is 8. The van der Waals surface area contributed by atoms with E-state index in [0.717, 1.165) is 16.2 Å². The minimum atomic E-state index is -0.737. The number of aromatic nitrogens is 1. The number of thiophene rings is 1. The summed E-state index contributed by atoms with van der Waals surface area (Å²) in [5.41, 5.74) is 1.02. The van der Waals surface area contributed by atoms with Crippen LogP contribution in [0.15, 0.2) is 75.9 Å². The average molecular weight is 598 g/mol. The average Bonchev–Trinajstić information content (AvgIpc) is 3.63. The minimum absolute atomic E-state index is 0.223. The molecule has 1 N–H and O–H groups in total. The molecular weight excluding hydrogens is 578 g/mol. The van der Waals surface area contributed by atoms with Crippen LogP contribution in [0.5, 0.6) is 5.75 Å². The molecule has 3 amide bonds. The Morgan fingerprint density at radius 1 is 1.03 bits per heavy atom. The van der Waals surface area contributed by atoms with Crippen LogP contribution in [0.25, 0.3) is 0 Å². The number of thiazole rings is 1. The zero-order valence-corrected chi connectivity index (χ0v) is 23.5. The van der Waals surface area contributed by atoms with E-state index < -0.39 is 17.1 Å². The van der Waals surface area contributed by atoms with E-state index in [1.54, 1.807) is 55.6 Å². The predicted octanol–water partition coefficient (Wildman–Crippen LogP) is 5.07. The molecule has 0 aliphatic carbocycles. The van der Waals surface area contributed by atoms with Crippen molar-refractivity contribution < 1.29 is 19.1 Å². The molecule has 0 radical (unpaired) electrons. The number of imide groups is 1. The van der Waals surface area contributed by atoms with Crippen LogP contribution in [0, 0.1) is 5.92 Å². The third-order valence-corrected chi connectivity index (χ3v) is 10.5. The lowest BCUT2D eigenvalue weighted by Gasteiger charge is -2.29. The molecule has 8 nitrogen and oxygen atoms in total. The molecule has 3 unspecified atom stereocenters. The summed E-state index contributed by atoms with van der Waals surface area (Å²) in [6.07, 6.45) is 0. The third-order valence-electron chi connectivity index (χ3n) is 6.66. The highest BCUT2D eigenvalue weighted by atomic mass is 35.5. The Hall–Kier alpha value is -3.38. The number of carbonyl (C=O) groups excluding carboxylic acids is 3. The molecule has 1 fully saturated rings. The van der Waals surface area contributed by atoms with Crippen LogP contribution in [0.2, 0.25) is 5.02 Å². The highest BCUT2D eigenvalue weighted by molar-refractivity contribution is 8.00. The van der Waals surface area contributed by atoms with Crippen molar-refractivity contribution in [2.24, 2.45) is 5.92 Å². The Labute approximate surface area is 240 Å². The van der Waals surface area contributed by atoms with Gasteiger partial charge in [-0.25, -0.2) is 4.90 Å². The summed E-state index contributed by atoms with van der Waals surface area (Å²) in [6.45, 7) is -0.223. The first-order valence-electron chi connectivity index (χ1n) is 11.9. The maximum Gasteiger partial charge on any atom is 0.308 e. The second-order valence-corrected chi connectivity index (χ2v) is 12.5. The minimum Gasteiger partial charge on any atom is -0.497 e. The molecule has 4 aromatic rings. The van der Waals surface area contributed by atoms with Gasteiger partial charge in [-0.2, -0.15) is 0 Å². The Bertz CT molecular complexity index is 1630. The number of hydrogen-bond donors (Lipinski definition) is 1. The molecule has 1 saturated heterocycles. The number of anilines is 2. The molecule has 12 heteroatoms. The van der Waals surface area contributed by atoms with Crippen LogP contribution in [0.1, 0.15) is 15.7 Å². The van der Waals surface area contributed by atoms with Crippen molar-refractivity contribution in [2.45, 2.75) is 22.7 Å². The summed E-state index contributed by atoms with van der Waals surface area (Å²) >= 11 is 9.62. The topological polar surface area (TPSA) is 97.7 Å². The van der Waals surface area contributed by atoms with E-state index in [1.807, 2.05) is 17.5 Å². The summed E-state index contributed by atoms with van der Waals surface area (Å²) in [6, 6.07) is 17.3. The van der Waals surface area contributed by atoms with E-state index in [2.05, 4.69) is 5.32 Å². The van der Waals surface area contributed by atoms with E-state index in [-0.39, 0.29) is 29.1 Å². The van der Waals surface area contributed by atoms with E-state index >= 15 is 0 Å². The Morgan fingerprint density at radius 3 is 2.44 bits per heavy atom. The Balaban J connectivity index is 1.36. The standard InChI is InChI=1S/C27H20ClN3O5S3/c1-36-17-10-8-16(9-11-17)31-24(33)21-20(18-3-2-12-37-18)23-26(38-22(21)25(31)34)30(27(35)39-23)13-19(32)29-15-6-4-14(28)5-7-15/h2-12,20-22H,13H2,1H3,(H,29,32). The lowest BCUT2D eigenvalue weighted by molar-refractivity contribution is -0.122. The zero-order valence-electron chi connectivity index (χ0n) is 20.3. The number of nitrogens with zero attached hydrogens (tertiary/aromatic N) is 2. The first-order valence-corrected chi connectivity index (χ1v) is 14.8. The molecule has 2 aromatic heterocycles. The van der Waals surface area contributed by atoms with Gasteiger partial charge in [0.2, 0.25) is 17.7 Å². The third kappa shape index (κ3) is 4.59. The van der Waals surface area contributed by atoms with Crippen molar-refractivity contribution >= 4 is 75.1 Å². The van der Waals surface area contributed by atoms with Gasteiger partial charge in [0.15, 0.2) is 0 Å². The number of halogens is 1. The van der Waals surface area contributed by atoms with Gasteiger partial charge in [-0.15, -0.1) is 11.3 Å². The van der Waals surface area contributed by atoms with Gasteiger partial charge in [0.05, 0.1) is 23.7 Å². The monoisotopic (exact) mass is 597 g/mol. The molecule has 0 spiro atoms. The van der Waals surface area contributed by atoms with Gasteiger partial charge in [-0.05, 0) is 60.0 Å². The molecular formula is C27H20ClN3O5S3. The van der Waals surface area contributed by atoms with Gasteiger partial charge in [-0.1, -0.05) is 40.8 Å². The lowest BCUT2D eigenvalue weighted by atomic mass is 9.87. The quantitative estimate of drug-likeness (QED) is 0.312. The summed E-state index contributed by atoms with van der Waals surface area (Å²) in [4.78, 5) is 56.1. The predicted molar refractivity (Wildman–Crippen MR) is 153 cm³/mol. The molecule has 2 aliphatic heterocycles. The fourth-order valence-corrected chi connectivity index (χ4v) is 8.74. The zero-order chi connectivity index (χ0) is 27.3. The largest absolute Gasteiger partial charge is 0.497 e. The molecule has 2 aliphatic rings. The first-order chi connectivity index (χ1) is 18.9. The van der Waals surface area contributed by atoms with Crippen molar-refractivity contribution in [2.75, 3.05) is 17.3 Å². The van der Waals surface area contributed by atoms with Crippen LogP contribution in [-0.4, -0.2) is 34.6 Å². The van der Waals surface area contributed by atoms with Crippen LogP contribution >= 0.6 is 46.0 Å². The number of benzene rings is 2. The van der Waals surface area contributed by atoms with E-state index in [0.29, 0.717) is 32.1 Å². The van der Waals surface area contributed by atoms with E-state index in [9.17, 15) is 19.2 Å². The van der Waals surface area contributed by atoms with Gasteiger partial charge in [0.25, 0.3) is 0 Å². The van der Waals surface area contributed by atoms with Gasteiger partial charge < -0.3 is 10.1 Å². The molecule has 198 valence electrons. The molecule has 3 atom stereocenters. The SMILES string of the molecule is COc1ccc(N2C(=O)C3Sc4c(sc(=O)n4CC(=O)Nc4ccc(Cl)cc4)C(c4cccs4)C3C2=O)cc1. The smallest absolute Gasteiger partial charge is 0.308 e. The number of nitrogens with one attached hydrogen (secondary N) is 1. The molecule has 4 heterocycles. The number of amides is 3. The van der Waals surface area contributed by atoms with Crippen LogP contribution in [0.3, 0.4) is 0 Å². The number of thioether (sulfide) groups is 1. The summed E-state index contributed by atoms with van der Waals surface area (Å²) in [5, 5.41) is 5.05. The summed E-state index contributed by atoms with van der Waals surface area (Å²) in [5.74, 6) is -1.56. The lowest BCUT2D eigenvalue weighted by Crippen LogP contribution is -2.32. The summed E-state index contributed by atoms with van der Waals surface area (Å²) < 4.78 is 6.62. The second kappa shape index (κ2) is 10.3. The van der Waals surface area contributed by atoms with Crippen LogP contribution in [-0.2, 0) is 20.9 Å². The van der Waals surface area contributed by atoms with Gasteiger partial charge in [0.1, 0.15) is 17.5 Å². The van der Waals surface area contributed by atoms with Crippen molar-refractivity contribution in [1.29, 1.82) is 0 Å². The molecule has 2 aromatic carbocycles. The molecule has 6 rings (SSSR count). The van der Waals surface area contributed by atoms with E-state index in [4.69, 9.17) is 16.3 Å². The Kier molecular flexibility index (Phi) is 6.84. The highest BCUT2D eigenvalue weighted by Crippen LogP contribution is 2.54. The highest BCUT2D eigenvalue weighted by Gasteiger charge is 2.57. The molecule has 39 heavy (non-hydrogen) atoms. The fourth-order valence-electron chi connectivity index (χ4n) is 4.89. The van der Waals surface area contributed by atoms with Crippen LogP contribution in [0.4, 0.5) is 11.4 Å². The first kappa shape index (κ1) is 25.9. The van der Waals surface area contributed by atoms with Gasteiger partial charge in [0, 0.05) is 26.4 Å². The van der Waals surface area contributed by atoms with Crippen LogP contribution < -0.4 is 19.8 Å². The summed E-state index contributed by atoms with van der Waals surface area (Å²) in [7, 11) is 1.55. The normalized spacial score (nSPS) is 20.1. The number of fused-ring (bicyclic) bond motifs is 2. The fraction of sp³-hybridized carbons (Fsp3) is 0.185. The molecule has 0 saturated carbocycles. The number of rotatable bonds is 6. The number of carbonyl (C=O) groups is 3. The maximum atomic E-state index is 13.8. The van der Waals surface area contributed by atoms with Crippen molar-refractivity contribution in [3.05, 3.63) is 90.5 Å². The number of ether oxygens (including phenoxy) is 1. The second-order valence-electron chi connectivity index (χ2n) is 8.95. The van der Waals surface area contributed by atoms with E-state index in [1.165, 1.54) is 32.6 Å². The van der Waals surface area contributed by atoms with Crippen molar-refractivity contribution in [3.63, 3.8) is 0 Å². The number of methoxy groups -OCH3 is 1. The van der Waals surface area contributed by atoms with Crippen molar-refractivity contribution in [1.82, 2.24) is 4.57 Å². The van der Waals surface area contributed by atoms with Gasteiger partial charge >= 0.3 is 4.87 Å². The Morgan fingerprint density at radius 2 is 1.77 bits per heavy atom. The maximum absolute atomic E-state index is 13.8.